The topological polar surface area (TPSA) is 112 Å². The lowest BCUT2D eigenvalue weighted by atomic mass is 10.1. The van der Waals surface area contributed by atoms with Gasteiger partial charge in [-0.2, -0.15) is 0 Å². The molecule has 1 saturated heterocycles. The summed E-state index contributed by atoms with van der Waals surface area (Å²) in [6.07, 6.45) is -2.61. The van der Waals surface area contributed by atoms with E-state index in [-0.39, 0.29) is 42.5 Å². The minimum absolute atomic E-state index is 0.0189. The fraction of sp³-hybridized carbons (Fsp3) is 0.400. The van der Waals surface area contributed by atoms with Crippen molar-refractivity contribution in [3.63, 3.8) is 0 Å². The van der Waals surface area contributed by atoms with E-state index in [1.54, 1.807) is 0 Å². The molecule has 210 valence electrons. The molecular weight excluding hydrogens is 545 g/mol. The first kappa shape index (κ1) is 28.3. The van der Waals surface area contributed by atoms with Gasteiger partial charge in [0.15, 0.2) is 0 Å². The van der Waals surface area contributed by atoms with Crippen molar-refractivity contribution in [2.24, 2.45) is 0 Å². The Bertz CT molecular complexity index is 1230. The lowest BCUT2D eigenvalue weighted by molar-refractivity contribution is -0.389. The summed E-state index contributed by atoms with van der Waals surface area (Å²) >= 11 is 5.88. The molecule has 14 heteroatoms. The Morgan fingerprint density at radius 2 is 1.69 bits per heavy atom. The van der Waals surface area contributed by atoms with Gasteiger partial charge in [0.2, 0.25) is 0 Å². The van der Waals surface area contributed by atoms with Crippen molar-refractivity contribution in [3.05, 3.63) is 70.1 Å². The highest BCUT2D eigenvalue weighted by atomic mass is 35.5. The zero-order valence-corrected chi connectivity index (χ0v) is 21.3. The Labute approximate surface area is 226 Å². The number of hydrogen-bond donors (Lipinski definition) is 1. The van der Waals surface area contributed by atoms with Crippen LogP contribution in [0.5, 0.6) is 17.2 Å². The highest BCUT2D eigenvalue weighted by molar-refractivity contribution is 6.28. The highest BCUT2D eigenvalue weighted by Crippen LogP contribution is 2.28. The number of anilines is 1. The van der Waals surface area contributed by atoms with Crippen LogP contribution in [0.4, 0.5) is 24.7 Å². The monoisotopic (exact) mass is 570 g/mol. The minimum Gasteiger partial charge on any atom is -0.491 e. The van der Waals surface area contributed by atoms with E-state index in [0.29, 0.717) is 11.5 Å². The summed E-state index contributed by atoms with van der Waals surface area (Å²) in [6, 6.07) is 12.8. The van der Waals surface area contributed by atoms with E-state index in [4.69, 9.17) is 21.1 Å². The fourth-order valence-electron chi connectivity index (χ4n) is 4.09. The van der Waals surface area contributed by atoms with E-state index < -0.39 is 17.4 Å². The highest BCUT2D eigenvalue weighted by Gasteiger charge is 2.31. The molecule has 39 heavy (non-hydrogen) atoms. The molecule has 0 radical (unpaired) electrons. The quantitative estimate of drug-likeness (QED) is 0.247. The molecule has 1 N–H and O–H groups in total. The normalized spacial score (nSPS) is 15.2. The van der Waals surface area contributed by atoms with Crippen molar-refractivity contribution in [2.75, 3.05) is 24.6 Å². The number of halogens is 4. The van der Waals surface area contributed by atoms with E-state index in [0.717, 1.165) is 31.6 Å². The molecule has 0 unspecified atom stereocenters. The van der Waals surface area contributed by atoms with Crippen LogP contribution in [0.2, 0.25) is 5.28 Å². The summed E-state index contributed by atoms with van der Waals surface area (Å²) in [6.45, 7) is 1.78. The van der Waals surface area contributed by atoms with Gasteiger partial charge in [-0.1, -0.05) is 0 Å². The van der Waals surface area contributed by atoms with Crippen LogP contribution >= 0.6 is 11.6 Å². The number of alkyl halides is 3. The molecule has 1 atom stereocenters. The maximum Gasteiger partial charge on any atom is 0.573 e. The SMILES string of the molecule is O=[N+]([O-])c1cn(CC[C@@H](O)COc2ccc(N3CCC(Oc4ccc(OC(F)(F)F)cc4)CC3)cc2)c(Cl)n1. The molecular formula is C25H26ClF3N4O6. The van der Waals surface area contributed by atoms with Crippen molar-refractivity contribution in [1.82, 2.24) is 9.55 Å². The molecule has 2 heterocycles. The molecule has 0 saturated carbocycles. The van der Waals surface area contributed by atoms with Crippen molar-refractivity contribution in [1.29, 1.82) is 0 Å². The lowest BCUT2D eigenvalue weighted by Crippen LogP contribution is -2.38. The summed E-state index contributed by atoms with van der Waals surface area (Å²) in [4.78, 5) is 16.0. The van der Waals surface area contributed by atoms with E-state index >= 15 is 0 Å². The molecule has 2 aromatic carbocycles. The second-order valence-corrected chi connectivity index (χ2v) is 9.23. The number of aliphatic hydroxyl groups excluding tert-OH is 1. The first-order valence-electron chi connectivity index (χ1n) is 12.1. The molecule has 1 fully saturated rings. The van der Waals surface area contributed by atoms with Gasteiger partial charge in [0.25, 0.3) is 0 Å². The predicted octanol–water partition coefficient (Wildman–Crippen LogP) is 5.22. The number of aromatic nitrogens is 2. The molecule has 1 aromatic heterocycles. The van der Waals surface area contributed by atoms with Crippen LogP contribution in [-0.2, 0) is 6.54 Å². The summed E-state index contributed by atoms with van der Waals surface area (Å²) in [5, 5.41) is 21.0. The molecule has 0 aliphatic carbocycles. The molecule has 0 spiro atoms. The van der Waals surface area contributed by atoms with Gasteiger partial charge in [-0.25, -0.2) is 0 Å². The average Bonchev–Trinajstić information content (AvgIpc) is 3.28. The van der Waals surface area contributed by atoms with Crippen molar-refractivity contribution in [2.45, 2.75) is 44.4 Å². The van der Waals surface area contributed by atoms with E-state index in [2.05, 4.69) is 14.6 Å². The number of rotatable bonds is 11. The number of ether oxygens (including phenoxy) is 3. The first-order valence-corrected chi connectivity index (χ1v) is 12.5. The number of aryl methyl sites for hydroxylation is 1. The van der Waals surface area contributed by atoms with Gasteiger partial charge in [-0.15, -0.1) is 13.2 Å². The van der Waals surface area contributed by atoms with Crippen LogP contribution in [-0.4, -0.2) is 57.8 Å². The fourth-order valence-corrected chi connectivity index (χ4v) is 4.31. The molecule has 0 bridgehead atoms. The lowest BCUT2D eigenvalue weighted by Gasteiger charge is -2.33. The maximum atomic E-state index is 12.3. The molecule has 1 aliphatic rings. The average molecular weight is 571 g/mol. The number of aliphatic hydroxyl groups is 1. The molecule has 1 aliphatic heterocycles. The summed E-state index contributed by atoms with van der Waals surface area (Å²) < 4.78 is 53.7. The number of piperidine rings is 1. The van der Waals surface area contributed by atoms with Crippen LogP contribution in [0.1, 0.15) is 19.3 Å². The molecule has 3 aromatic rings. The zero-order valence-electron chi connectivity index (χ0n) is 20.6. The van der Waals surface area contributed by atoms with Gasteiger partial charge in [-0.05, 0) is 76.5 Å². The van der Waals surface area contributed by atoms with Crippen LogP contribution in [0.15, 0.2) is 54.7 Å². The van der Waals surface area contributed by atoms with Crippen molar-refractivity contribution >= 4 is 23.1 Å². The van der Waals surface area contributed by atoms with Gasteiger partial charge in [-0.3, -0.25) is 4.57 Å². The predicted molar refractivity (Wildman–Crippen MR) is 135 cm³/mol. The van der Waals surface area contributed by atoms with Gasteiger partial charge in [0.05, 0.1) is 6.10 Å². The third-order valence-corrected chi connectivity index (χ3v) is 6.35. The Balaban J connectivity index is 1.18. The van der Waals surface area contributed by atoms with Crippen LogP contribution in [0.3, 0.4) is 0 Å². The standard InChI is InChI=1S/C25H26ClF3N4O6/c26-24-30-23(33(35)36)15-32(24)12-9-18(34)16-37-19-3-1-17(2-4-19)31-13-10-21(11-14-31)38-20-5-7-22(8-6-20)39-25(27,28)29/h1-8,15,18,21,34H,9-14,16H2/t18-/m1/s1. The van der Waals surface area contributed by atoms with E-state index in [9.17, 15) is 28.4 Å². The van der Waals surface area contributed by atoms with Crippen LogP contribution < -0.4 is 19.1 Å². The molecule has 4 rings (SSSR count). The number of imidazole rings is 1. The largest absolute Gasteiger partial charge is 0.573 e. The Hall–Kier alpha value is -3.71. The van der Waals surface area contributed by atoms with Crippen LogP contribution in [0, 0.1) is 10.1 Å². The Kier molecular flexibility index (Phi) is 9.02. The van der Waals surface area contributed by atoms with E-state index in [1.807, 2.05) is 24.3 Å². The van der Waals surface area contributed by atoms with Gasteiger partial charge < -0.3 is 34.3 Å². The Morgan fingerprint density at radius 3 is 2.28 bits per heavy atom. The molecule has 10 nitrogen and oxygen atoms in total. The third kappa shape index (κ3) is 8.39. The number of hydrogen-bond acceptors (Lipinski definition) is 8. The number of nitrogens with zero attached hydrogens (tertiary/aromatic N) is 4. The smallest absolute Gasteiger partial charge is 0.491 e. The first-order chi connectivity index (χ1) is 18.6. The van der Waals surface area contributed by atoms with Crippen LogP contribution in [0.25, 0.3) is 0 Å². The van der Waals surface area contributed by atoms with Crippen molar-refractivity contribution < 1.29 is 37.4 Å². The Morgan fingerprint density at radius 1 is 1.08 bits per heavy atom. The summed E-state index contributed by atoms with van der Waals surface area (Å²) in [7, 11) is 0. The third-order valence-electron chi connectivity index (χ3n) is 6.05. The number of nitro groups is 1. The second-order valence-electron chi connectivity index (χ2n) is 8.89. The second kappa shape index (κ2) is 12.4. The van der Waals surface area contributed by atoms with Gasteiger partial charge in [0, 0.05) is 38.2 Å². The van der Waals surface area contributed by atoms with Crippen molar-refractivity contribution in [3.8, 4) is 17.2 Å². The summed E-state index contributed by atoms with van der Waals surface area (Å²) in [5.74, 6) is 0.432. The van der Waals surface area contributed by atoms with Gasteiger partial charge >= 0.3 is 17.5 Å². The summed E-state index contributed by atoms with van der Waals surface area (Å²) in [5.41, 5.74) is 1.01. The zero-order chi connectivity index (χ0) is 28.0. The number of benzene rings is 2. The minimum atomic E-state index is -4.73. The molecule has 0 amide bonds. The van der Waals surface area contributed by atoms with E-state index in [1.165, 1.54) is 35.0 Å². The van der Waals surface area contributed by atoms with Gasteiger partial charge in [0.1, 0.15) is 36.2 Å². The maximum absolute atomic E-state index is 12.3.